The normalized spacial score (nSPS) is 11.6. The van der Waals surface area contributed by atoms with Crippen molar-refractivity contribution in [2.75, 3.05) is 5.32 Å². The van der Waals surface area contributed by atoms with Crippen molar-refractivity contribution in [2.45, 2.75) is 12.3 Å². The number of aromatic nitrogens is 2. The lowest BCUT2D eigenvalue weighted by Gasteiger charge is -2.13. The lowest BCUT2D eigenvalue weighted by atomic mass is 9.95. The maximum Gasteiger partial charge on any atom is 0.311 e. The van der Waals surface area contributed by atoms with Crippen molar-refractivity contribution in [3.63, 3.8) is 0 Å². The van der Waals surface area contributed by atoms with Gasteiger partial charge < -0.3 is 15.0 Å². The van der Waals surface area contributed by atoms with E-state index in [1.54, 1.807) is 78.6 Å². The summed E-state index contributed by atoms with van der Waals surface area (Å²) in [6, 6.07) is 15.0. The zero-order chi connectivity index (χ0) is 20.1. The Labute approximate surface area is 161 Å². The fraction of sp³-hybridized carbons (Fsp3) is 0.143. The van der Waals surface area contributed by atoms with E-state index in [-0.39, 0.29) is 12.2 Å². The fourth-order valence-electron chi connectivity index (χ4n) is 2.85. The number of hydrogen-bond acceptors (Lipinski definition) is 4. The third-order valence-corrected chi connectivity index (χ3v) is 4.34. The first kappa shape index (κ1) is 19.0. The van der Waals surface area contributed by atoms with Crippen LogP contribution in [0.15, 0.2) is 67.0 Å². The summed E-state index contributed by atoms with van der Waals surface area (Å²) < 4.78 is 1.63. The van der Waals surface area contributed by atoms with Crippen LogP contribution in [0.25, 0.3) is 0 Å². The van der Waals surface area contributed by atoms with Gasteiger partial charge in [-0.25, -0.2) is 4.98 Å². The minimum atomic E-state index is -1.06. The Hall–Kier alpha value is -3.74. The highest BCUT2D eigenvalue weighted by atomic mass is 16.4. The third-order valence-electron chi connectivity index (χ3n) is 4.34. The molecule has 0 spiro atoms. The van der Waals surface area contributed by atoms with Crippen molar-refractivity contribution in [1.82, 2.24) is 9.55 Å². The van der Waals surface area contributed by atoms with E-state index in [1.807, 2.05) is 0 Å². The number of benzene rings is 2. The van der Waals surface area contributed by atoms with E-state index in [2.05, 4.69) is 10.3 Å². The van der Waals surface area contributed by atoms with Crippen molar-refractivity contribution >= 4 is 23.3 Å². The van der Waals surface area contributed by atoms with Crippen molar-refractivity contribution in [2.24, 2.45) is 7.05 Å². The predicted octanol–water partition coefficient (Wildman–Crippen LogP) is 2.85. The molecule has 7 nitrogen and oxygen atoms in total. The second-order valence-electron chi connectivity index (χ2n) is 6.32. The van der Waals surface area contributed by atoms with Crippen molar-refractivity contribution in [3.8, 4) is 0 Å². The fourth-order valence-corrected chi connectivity index (χ4v) is 2.85. The largest absolute Gasteiger partial charge is 0.481 e. The first-order valence-corrected chi connectivity index (χ1v) is 8.65. The number of carbonyl (C=O) groups excluding carboxylic acids is 2. The third kappa shape index (κ3) is 4.32. The molecule has 28 heavy (non-hydrogen) atoms. The summed E-state index contributed by atoms with van der Waals surface area (Å²) in [5, 5.41) is 12.1. The van der Waals surface area contributed by atoms with Crippen LogP contribution in [0.5, 0.6) is 0 Å². The number of hydrogen-bond donors (Lipinski definition) is 2. The number of nitrogens with one attached hydrogen (secondary N) is 1. The van der Waals surface area contributed by atoms with E-state index < -0.39 is 17.8 Å². The number of carboxylic acids is 1. The Balaban J connectivity index is 1.66. The first-order valence-electron chi connectivity index (χ1n) is 8.65. The second-order valence-corrected chi connectivity index (χ2v) is 6.32. The molecule has 1 heterocycles. The average molecular weight is 377 g/mol. The number of carboxylic acid groups (broad SMARTS) is 1. The number of nitrogens with zero attached hydrogens (tertiary/aromatic N) is 2. The molecule has 142 valence electrons. The van der Waals surface area contributed by atoms with Gasteiger partial charge in [-0.05, 0) is 29.8 Å². The van der Waals surface area contributed by atoms with Crippen LogP contribution in [0, 0.1) is 0 Å². The van der Waals surface area contributed by atoms with Gasteiger partial charge in [-0.1, -0.05) is 30.3 Å². The molecule has 2 aromatic carbocycles. The Morgan fingerprint density at radius 1 is 1.07 bits per heavy atom. The van der Waals surface area contributed by atoms with Gasteiger partial charge in [-0.15, -0.1) is 0 Å². The van der Waals surface area contributed by atoms with Crippen LogP contribution in [-0.4, -0.2) is 32.3 Å². The molecule has 1 atom stereocenters. The smallest absolute Gasteiger partial charge is 0.311 e. The van der Waals surface area contributed by atoms with Gasteiger partial charge in [0.2, 0.25) is 11.7 Å². The molecule has 0 aliphatic carbocycles. The summed E-state index contributed by atoms with van der Waals surface area (Å²) in [6.45, 7) is 0. The van der Waals surface area contributed by atoms with E-state index in [1.165, 1.54) is 0 Å². The Morgan fingerprint density at radius 2 is 1.75 bits per heavy atom. The summed E-state index contributed by atoms with van der Waals surface area (Å²) in [5.41, 5.74) is 1.50. The van der Waals surface area contributed by atoms with Gasteiger partial charge in [0.15, 0.2) is 5.82 Å². The summed E-state index contributed by atoms with van der Waals surface area (Å²) in [6.07, 6.45) is 3.05. The van der Waals surface area contributed by atoms with Crippen molar-refractivity contribution in [3.05, 3.63) is 83.9 Å². The zero-order valence-electron chi connectivity index (χ0n) is 15.2. The molecular weight excluding hydrogens is 358 g/mol. The van der Waals surface area contributed by atoms with Crippen LogP contribution in [0.3, 0.4) is 0 Å². The highest BCUT2D eigenvalue weighted by Gasteiger charge is 2.23. The number of amides is 1. The van der Waals surface area contributed by atoms with E-state index in [4.69, 9.17) is 0 Å². The monoisotopic (exact) mass is 377 g/mol. The van der Waals surface area contributed by atoms with Gasteiger partial charge in [0.05, 0.1) is 5.92 Å². The van der Waals surface area contributed by atoms with Gasteiger partial charge in [0.25, 0.3) is 0 Å². The quantitative estimate of drug-likeness (QED) is 0.617. The van der Waals surface area contributed by atoms with E-state index in [9.17, 15) is 19.5 Å². The minimum absolute atomic E-state index is 0.187. The van der Waals surface area contributed by atoms with Crippen LogP contribution in [0.4, 0.5) is 5.69 Å². The molecule has 3 aromatic rings. The standard InChI is InChI=1S/C21H19N3O4/c1-24-12-11-22-20(24)19(26)15-7-9-16(10-8-15)23-18(25)13-17(21(27)28)14-5-3-2-4-6-14/h2-12,17H,13H2,1H3,(H,23,25)(H,27,28)/t17-/m1/s1. The number of imidazole rings is 1. The lowest BCUT2D eigenvalue weighted by Crippen LogP contribution is -2.21. The molecule has 0 saturated carbocycles. The number of ketones is 1. The molecule has 1 aromatic heterocycles. The summed E-state index contributed by atoms with van der Waals surface area (Å²) in [7, 11) is 1.74. The number of carbonyl (C=O) groups is 3. The van der Waals surface area contributed by atoms with Crippen LogP contribution in [0.2, 0.25) is 0 Å². The second kappa shape index (κ2) is 8.30. The van der Waals surface area contributed by atoms with Crippen LogP contribution >= 0.6 is 0 Å². The molecule has 0 radical (unpaired) electrons. The lowest BCUT2D eigenvalue weighted by molar-refractivity contribution is -0.140. The maximum atomic E-state index is 12.4. The van der Waals surface area contributed by atoms with Crippen LogP contribution < -0.4 is 5.32 Å². The first-order chi connectivity index (χ1) is 13.5. The van der Waals surface area contributed by atoms with Gasteiger partial charge in [-0.2, -0.15) is 0 Å². The molecule has 7 heteroatoms. The van der Waals surface area contributed by atoms with E-state index in [0.717, 1.165) is 0 Å². The molecule has 0 saturated heterocycles. The van der Waals surface area contributed by atoms with Gasteiger partial charge >= 0.3 is 5.97 Å². The van der Waals surface area contributed by atoms with Gasteiger partial charge in [-0.3, -0.25) is 14.4 Å². The number of aryl methyl sites for hydroxylation is 1. The summed E-state index contributed by atoms with van der Waals surface area (Å²) >= 11 is 0. The number of anilines is 1. The molecule has 0 aliphatic heterocycles. The predicted molar refractivity (Wildman–Crippen MR) is 103 cm³/mol. The Kier molecular flexibility index (Phi) is 5.64. The number of aliphatic carboxylic acids is 1. The molecule has 2 N–H and O–H groups in total. The van der Waals surface area contributed by atoms with Crippen molar-refractivity contribution in [1.29, 1.82) is 0 Å². The minimum Gasteiger partial charge on any atom is -0.481 e. The van der Waals surface area contributed by atoms with Crippen LogP contribution in [-0.2, 0) is 16.6 Å². The topological polar surface area (TPSA) is 101 Å². The average Bonchev–Trinajstić information content (AvgIpc) is 3.12. The van der Waals surface area contributed by atoms with Crippen LogP contribution in [0.1, 0.15) is 34.1 Å². The maximum absolute atomic E-state index is 12.4. The molecule has 0 fully saturated rings. The molecular formula is C21H19N3O4. The summed E-state index contributed by atoms with van der Waals surface area (Å²) in [4.78, 5) is 40.3. The summed E-state index contributed by atoms with van der Waals surface area (Å²) in [5.74, 6) is -2.30. The van der Waals surface area contributed by atoms with Gasteiger partial charge in [0, 0.05) is 37.1 Å². The molecule has 0 unspecified atom stereocenters. The van der Waals surface area contributed by atoms with Crippen molar-refractivity contribution < 1.29 is 19.5 Å². The zero-order valence-corrected chi connectivity index (χ0v) is 15.2. The Bertz CT molecular complexity index is 994. The SMILES string of the molecule is Cn1ccnc1C(=O)c1ccc(NC(=O)C[C@@H](C(=O)O)c2ccccc2)cc1. The molecule has 0 aliphatic rings. The highest BCUT2D eigenvalue weighted by Crippen LogP contribution is 2.21. The molecule has 0 bridgehead atoms. The number of rotatable bonds is 7. The highest BCUT2D eigenvalue weighted by molar-refractivity contribution is 6.07. The molecule has 3 rings (SSSR count). The van der Waals surface area contributed by atoms with E-state index >= 15 is 0 Å². The Morgan fingerprint density at radius 3 is 2.32 bits per heavy atom. The van der Waals surface area contributed by atoms with Gasteiger partial charge in [0.1, 0.15) is 0 Å². The molecule has 1 amide bonds. The van der Waals surface area contributed by atoms with E-state index in [0.29, 0.717) is 22.6 Å².